The first-order valence-electron chi connectivity index (χ1n) is 9.47. The molecule has 2 aromatic carbocycles. The molecule has 0 aliphatic carbocycles. The standard InChI is InChI=1S/C21H25BrN4O2/c22-17-5-4-8-19(13-17)26-12-10-16(15-26)14-24-20(27)9-11-23-21(28)25-18-6-2-1-3-7-18/h1-8,13,16H,9-12,14-15H2,(H,24,27)(H2,23,25,28). The van der Waals surface area contributed by atoms with Gasteiger partial charge in [-0.25, -0.2) is 4.79 Å². The molecule has 1 saturated heterocycles. The minimum Gasteiger partial charge on any atom is -0.371 e. The van der Waals surface area contributed by atoms with Gasteiger partial charge < -0.3 is 20.9 Å². The summed E-state index contributed by atoms with van der Waals surface area (Å²) in [6, 6.07) is 17.2. The summed E-state index contributed by atoms with van der Waals surface area (Å²) in [6.07, 6.45) is 1.33. The molecular formula is C21H25BrN4O2. The lowest BCUT2D eigenvalue weighted by molar-refractivity contribution is -0.121. The Morgan fingerprint density at radius 2 is 1.89 bits per heavy atom. The Morgan fingerprint density at radius 3 is 2.68 bits per heavy atom. The van der Waals surface area contributed by atoms with Crippen LogP contribution in [0.3, 0.4) is 0 Å². The molecule has 3 amide bonds. The molecule has 7 heteroatoms. The zero-order valence-electron chi connectivity index (χ0n) is 15.7. The molecule has 1 heterocycles. The van der Waals surface area contributed by atoms with Crippen molar-refractivity contribution in [2.75, 3.05) is 36.4 Å². The zero-order valence-corrected chi connectivity index (χ0v) is 17.2. The first-order valence-corrected chi connectivity index (χ1v) is 10.3. The van der Waals surface area contributed by atoms with Gasteiger partial charge in [-0.2, -0.15) is 0 Å². The fourth-order valence-electron chi connectivity index (χ4n) is 3.24. The third-order valence-corrected chi connectivity index (χ3v) is 5.21. The van der Waals surface area contributed by atoms with Crippen molar-refractivity contribution in [2.24, 2.45) is 5.92 Å². The summed E-state index contributed by atoms with van der Waals surface area (Å²) in [5.74, 6) is 0.401. The summed E-state index contributed by atoms with van der Waals surface area (Å²) < 4.78 is 1.07. The Labute approximate surface area is 173 Å². The summed E-state index contributed by atoms with van der Waals surface area (Å²) in [5, 5.41) is 8.41. The highest BCUT2D eigenvalue weighted by Gasteiger charge is 2.23. The van der Waals surface area contributed by atoms with Gasteiger partial charge in [0.25, 0.3) is 0 Å². The van der Waals surface area contributed by atoms with Gasteiger partial charge in [0.1, 0.15) is 0 Å². The van der Waals surface area contributed by atoms with Crippen molar-refractivity contribution in [1.29, 1.82) is 0 Å². The molecule has 3 rings (SSSR count). The normalized spacial score (nSPS) is 15.9. The SMILES string of the molecule is O=C(CCNC(=O)Nc1ccccc1)NCC1CCN(c2cccc(Br)c2)C1. The van der Waals surface area contributed by atoms with Crippen LogP contribution in [0.4, 0.5) is 16.2 Å². The van der Waals surface area contributed by atoms with Crippen LogP contribution in [-0.4, -0.2) is 38.1 Å². The fourth-order valence-corrected chi connectivity index (χ4v) is 3.63. The molecular weight excluding hydrogens is 420 g/mol. The lowest BCUT2D eigenvalue weighted by Crippen LogP contribution is -2.35. The van der Waals surface area contributed by atoms with E-state index in [-0.39, 0.29) is 18.4 Å². The number of carbonyl (C=O) groups excluding carboxylic acids is 2. The number of anilines is 2. The Hall–Kier alpha value is -2.54. The molecule has 6 nitrogen and oxygen atoms in total. The van der Waals surface area contributed by atoms with E-state index in [2.05, 4.69) is 48.9 Å². The van der Waals surface area contributed by atoms with E-state index >= 15 is 0 Å². The average molecular weight is 445 g/mol. The van der Waals surface area contributed by atoms with Gasteiger partial charge in [-0.1, -0.05) is 40.2 Å². The number of para-hydroxylation sites is 1. The van der Waals surface area contributed by atoms with E-state index in [1.807, 2.05) is 42.5 Å². The summed E-state index contributed by atoms with van der Waals surface area (Å²) in [5.41, 5.74) is 1.93. The van der Waals surface area contributed by atoms with Crippen molar-refractivity contribution in [3.05, 3.63) is 59.1 Å². The maximum absolute atomic E-state index is 12.0. The summed E-state index contributed by atoms with van der Waals surface area (Å²) in [4.78, 5) is 26.2. The smallest absolute Gasteiger partial charge is 0.319 e. The highest BCUT2D eigenvalue weighted by Crippen LogP contribution is 2.25. The highest BCUT2D eigenvalue weighted by atomic mass is 79.9. The Kier molecular flexibility index (Phi) is 7.31. The summed E-state index contributed by atoms with van der Waals surface area (Å²) in [6.45, 7) is 2.91. The Bertz CT molecular complexity index is 800. The maximum Gasteiger partial charge on any atom is 0.319 e. The predicted molar refractivity (Wildman–Crippen MR) is 116 cm³/mol. The molecule has 0 spiro atoms. The number of halogens is 1. The molecule has 0 bridgehead atoms. The molecule has 2 aromatic rings. The second kappa shape index (κ2) is 10.1. The minimum absolute atomic E-state index is 0.0408. The van der Waals surface area contributed by atoms with E-state index in [9.17, 15) is 9.59 Å². The molecule has 1 aliphatic rings. The molecule has 28 heavy (non-hydrogen) atoms. The van der Waals surface area contributed by atoms with E-state index in [4.69, 9.17) is 0 Å². The molecule has 1 aliphatic heterocycles. The van der Waals surface area contributed by atoms with Gasteiger partial charge in [0.2, 0.25) is 5.91 Å². The van der Waals surface area contributed by atoms with Crippen molar-refractivity contribution in [1.82, 2.24) is 10.6 Å². The van der Waals surface area contributed by atoms with Crippen molar-refractivity contribution in [3.63, 3.8) is 0 Å². The van der Waals surface area contributed by atoms with Crippen LogP contribution < -0.4 is 20.9 Å². The Morgan fingerprint density at radius 1 is 1.07 bits per heavy atom. The number of amides is 3. The van der Waals surface area contributed by atoms with Crippen LogP contribution in [0, 0.1) is 5.92 Å². The van der Waals surface area contributed by atoms with Crippen molar-refractivity contribution < 1.29 is 9.59 Å². The van der Waals surface area contributed by atoms with Gasteiger partial charge in [-0.05, 0) is 42.7 Å². The highest BCUT2D eigenvalue weighted by molar-refractivity contribution is 9.10. The lowest BCUT2D eigenvalue weighted by Gasteiger charge is -2.19. The van der Waals surface area contributed by atoms with Gasteiger partial charge in [0.15, 0.2) is 0 Å². The first kappa shape index (κ1) is 20.2. The average Bonchev–Trinajstić information content (AvgIpc) is 3.16. The number of benzene rings is 2. The molecule has 0 aromatic heterocycles. The molecule has 3 N–H and O–H groups in total. The largest absolute Gasteiger partial charge is 0.371 e. The third kappa shape index (κ3) is 6.27. The van der Waals surface area contributed by atoms with Crippen LogP contribution in [0.15, 0.2) is 59.1 Å². The van der Waals surface area contributed by atoms with Crippen LogP contribution in [0.5, 0.6) is 0 Å². The van der Waals surface area contributed by atoms with Crippen molar-refractivity contribution in [3.8, 4) is 0 Å². The molecule has 1 atom stereocenters. The Balaban J connectivity index is 1.31. The van der Waals surface area contributed by atoms with E-state index in [0.29, 0.717) is 19.0 Å². The van der Waals surface area contributed by atoms with E-state index < -0.39 is 0 Å². The predicted octanol–water partition coefficient (Wildman–Crippen LogP) is 3.60. The van der Waals surface area contributed by atoms with Gasteiger partial charge in [0.05, 0.1) is 0 Å². The number of rotatable bonds is 7. The van der Waals surface area contributed by atoms with Crippen molar-refractivity contribution in [2.45, 2.75) is 12.8 Å². The number of nitrogens with zero attached hydrogens (tertiary/aromatic N) is 1. The van der Waals surface area contributed by atoms with Gasteiger partial charge >= 0.3 is 6.03 Å². The number of hydrogen-bond donors (Lipinski definition) is 3. The quantitative estimate of drug-likeness (QED) is 0.610. The number of nitrogens with one attached hydrogen (secondary N) is 3. The molecule has 0 saturated carbocycles. The van der Waals surface area contributed by atoms with Crippen LogP contribution >= 0.6 is 15.9 Å². The third-order valence-electron chi connectivity index (χ3n) is 4.72. The first-order chi connectivity index (χ1) is 13.6. The van der Waals surface area contributed by atoms with Gasteiger partial charge in [-0.15, -0.1) is 0 Å². The van der Waals surface area contributed by atoms with E-state index in [1.165, 1.54) is 5.69 Å². The van der Waals surface area contributed by atoms with Crippen LogP contribution in [-0.2, 0) is 4.79 Å². The van der Waals surface area contributed by atoms with Crippen LogP contribution in [0.1, 0.15) is 12.8 Å². The topological polar surface area (TPSA) is 73.5 Å². The summed E-state index contributed by atoms with van der Waals surface area (Å²) in [7, 11) is 0. The molecule has 0 radical (unpaired) electrons. The number of carbonyl (C=O) groups is 2. The molecule has 1 fully saturated rings. The fraction of sp³-hybridized carbons (Fsp3) is 0.333. The van der Waals surface area contributed by atoms with Crippen LogP contribution in [0.2, 0.25) is 0 Å². The lowest BCUT2D eigenvalue weighted by atomic mass is 10.1. The van der Waals surface area contributed by atoms with Gasteiger partial charge in [-0.3, -0.25) is 4.79 Å². The second-order valence-electron chi connectivity index (χ2n) is 6.88. The number of urea groups is 1. The second-order valence-corrected chi connectivity index (χ2v) is 7.80. The van der Waals surface area contributed by atoms with Gasteiger partial charge in [0, 0.05) is 48.4 Å². The van der Waals surface area contributed by atoms with Crippen molar-refractivity contribution >= 4 is 39.2 Å². The van der Waals surface area contributed by atoms with Crippen LogP contribution in [0.25, 0.3) is 0 Å². The van der Waals surface area contributed by atoms with E-state index in [0.717, 1.165) is 29.7 Å². The monoisotopic (exact) mass is 444 g/mol. The minimum atomic E-state index is -0.306. The zero-order chi connectivity index (χ0) is 19.8. The number of hydrogen-bond acceptors (Lipinski definition) is 3. The summed E-state index contributed by atoms with van der Waals surface area (Å²) >= 11 is 3.51. The maximum atomic E-state index is 12.0. The molecule has 1 unspecified atom stereocenters. The van der Waals surface area contributed by atoms with E-state index in [1.54, 1.807) is 0 Å². The molecule has 148 valence electrons.